The number of amides is 2. The number of methoxy groups -OCH3 is 1. The van der Waals surface area contributed by atoms with Gasteiger partial charge in [0.25, 0.3) is 5.91 Å². The molecule has 1 aromatic heterocycles. The van der Waals surface area contributed by atoms with Crippen LogP contribution in [0, 0.1) is 11.8 Å². The van der Waals surface area contributed by atoms with Crippen LogP contribution < -0.4 is 25.6 Å². The van der Waals surface area contributed by atoms with Crippen LogP contribution in [0.4, 0.5) is 28.8 Å². The van der Waals surface area contributed by atoms with E-state index in [0.29, 0.717) is 51.3 Å². The zero-order valence-electron chi connectivity index (χ0n) is 24.6. The molecule has 2 saturated heterocycles. The van der Waals surface area contributed by atoms with E-state index in [0.717, 1.165) is 51.1 Å². The molecule has 0 saturated carbocycles. The van der Waals surface area contributed by atoms with Gasteiger partial charge in [-0.25, -0.2) is 4.98 Å². The van der Waals surface area contributed by atoms with E-state index in [-0.39, 0.29) is 11.8 Å². The van der Waals surface area contributed by atoms with Gasteiger partial charge < -0.3 is 30.5 Å². The molecule has 2 aliphatic rings. The molecule has 3 aromatic rings. The van der Waals surface area contributed by atoms with Crippen LogP contribution in [0.2, 0.25) is 5.02 Å². The lowest BCUT2D eigenvalue weighted by atomic mass is 9.80. The van der Waals surface area contributed by atoms with E-state index in [1.54, 1.807) is 32.4 Å². The molecule has 3 N–H and O–H groups in total. The lowest BCUT2D eigenvalue weighted by Gasteiger charge is -2.42. The number of aromatic nitrogens is 2. The largest absolute Gasteiger partial charge is 0.494 e. The highest BCUT2D eigenvalue weighted by Crippen LogP contribution is 2.36. The number of anilines is 5. The second-order valence-corrected chi connectivity index (χ2v) is 11.3. The van der Waals surface area contributed by atoms with E-state index >= 15 is 0 Å². The number of nitrogens with one attached hydrogen (secondary N) is 3. The van der Waals surface area contributed by atoms with Crippen molar-refractivity contribution >= 4 is 52.2 Å². The SMILES string of the molecule is C=CC(=O)N1CCCC(C2CCCN(c3ccc(Nc4ncc(Cl)c(Nc5ccccc5C(=O)NC)n4)c(OC)c3)C2)C1. The van der Waals surface area contributed by atoms with Gasteiger partial charge in [0.15, 0.2) is 5.82 Å². The molecular weight excluding hydrogens is 566 g/mol. The van der Waals surface area contributed by atoms with Gasteiger partial charge in [-0.3, -0.25) is 9.59 Å². The summed E-state index contributed by atoms with van der Waals surface area (Å²) in [5, 5.41) is 9.36. The van der Waals surface area contributed by atoms with Crippen molar-refractivity contribution in [1.82, 2.24) is 20.2 Å². The average Bonchev–Trinajstić information content (AvgIpc) is 3.06. The number of likely N-dealkylation sites (tertiary alicyclic amines) is 1. The Bertz CT molecular complexity index is 1480. The lowest BCUT2D eigenvalue weighted by molar-refractivity contribution is -0.128. The van der Waals surface area contributed by atoms with Gasteiger partial charge >= 0.3 is 0 Å². The smallest absolute Gasteiger partial charge is 0.253 e. The molecule has 2 aliphatic heterocycles. The van der Waals surface area contributed by atoms with Gasteiger partial charge in [-0.15, -0.1) is 0 Å². The number of carbonyl (C=O) groups excluding carboxylic acids is 2. The molecule has 2 fully saturated rings. The van der Waals surface area contributed by atoms with Crippen LogP contribution in [0.25, 0.3) is 0 Å². The maximum atomic E-state index is 12.3. The number of carbonyl (C=O) groups is 2. The fourth-order valence-electron chi connectivity index (χ4n) is 6.02. The van der Waals surface area contributed by atoms with E-state index in [4.69, 9.17) is 16.3 Å². The van der Waals surface area contributed by atoms with Gasteiger partial charge in [-0.1, -0.05) is 30.3 Å². The molecule has 226 valence electrons. The number of hydrogen-bond acceptors (Lipinski definition) is 8. The van der Waals surface area contributed by atoms with Crippen LogP contribution in [0.3, 0.4) is 0 Å². The summed E-state index contributed by atoms with van der Waals surface area (Å²) in [5.74, 6) is 2.19. The second kappa shape index (κ2) is 13.8. The highest BCUT2D eigenvalue weighted by atomic mass is 35.5. The summed E-state index contributed by atoms with van der Waals surface area (Å²) in [6.45, 7) is 7.22. The highest BCUT2D eigenvalue weighted by molar-refractivity contribution is 6.33. The number of para-hydroxylation sites is 1. The van der Waals surface area contributed by atoms with Crippen molar-refractivity contribution in [2.45, 2.75) is 25.7 Å². The van der Waals surface area contributed by atoms with Crippen LogP contribution in [0.15, 0.2) is 61.3 Å². The van der Waals surface area contributed by atoms with Crippen LogP contribution in [-0.2, 0) is 4.79 Å². The molecule has 43 heavy (non-hydrogen) atoms. The molecule has 5 rings (SSSR count). The van der Waals surface area contributed by atoms with E-state index in [9.17, 15) is 9.59 Å². The van der Waals surface area contributed by atoms with E-state index in [2.05, 4.69) is 43.5 Å². The standard InChI is InChI=1S/C32H38ClN7O3/c1-4-29(41)40-16-8-10-22(20-40)21-9-7-15-39(19-21)23-13-14-27(28(17-23)43-3)37-32-35-18-25(33)30(38-32)36-26-12-6-5-11-24(26)31(42)34-2/h4-6,11-14,17-18,21-22H,1,7-10,15-16,19-20H2,2-3H3,(H,34,42)(H2,35,36,37,38). The first-order valence-corrected chi connectivity index (χ1v) is 15.0. The number of piperidine rings is 2. The molecule has 0 spiro atoms. The minimum atomic E-state index is -0.222. The van der Waals surface area contributed by atoms with Crippen LogP contribution >= 0.6 is 11.6 Å². The fourth-order valence-corrected chi connectivity index (χ4v) is 6.16. The van der Waals surface area contributed by atoms with Gasteiger partial charge in [0.05, 0.1) is 30.2 Å². The summed E-state index contributed by atoms with van der Waals surface area (Å²) in [6.07, 6.45) is 7.41. The number of nitrogens with zero attached hydrogens (tertiary/aromatic N) is 4. The maximum absolute atomic E-state index is 12.3. The van der Waals surface area contributed by atoms with Gasteiger partial charge in [0, 0.05) is 45.0 Å². The normalized spacial score (nSPS) is 18.5. The first kappa shape index (κ1) is 30.2. The van der Waals surface area contributed by atoms with Gasteiger partial charge in [0.1, 0.15) is 10.8 Å². The predicted octanol–water partition coefficient (Wildman–Crippen LogP) is 5.63. The third-order valence-corrected chi connectivity index (χ3v) is 8.54. The summed E-state index contributed by atoms with van der Waals surface area (Å²) in [6, 6.07) is 13.2. The van der Waals surface area contributed by atoms with Gasteiger partial charge in [-0.2, -0.15) is 4.98 Å². The topological polar surface area (TPSA) is 112 Å². The molecule has 0 radical (unpaired) electrons. The molecule has 3 heterocycles. The van der Waals surface area contributed by atoms with E-state index in [1.165, 1.54) is 18.7 Å². The molecule has 0 aliphatic carbocycles. The Morgan fingerprint density at radius 1 is 1.05 bits per heavy atom. The monoisotopic (exact) mass is 603 g/mol. The summed E-state index contributed by atoms with van der Waals surface area (Å²) >= 11 is 6.41. The summed E-state index contributed by atoms with van der Waals surface area (Å²) in [4.78, 5) is 37.8. The van der Waals surface area contributed by atoms with Gasteiger partial charge in [-0.05, 0) is 67.9 Å². The molecular formula is C32H38ClN7O3. The average molecular weight is 604 g/mol. The molecule has 11 heteroatoms. The van der Waals surface area contributed by atoms with Crippen LogP contribution in [-0.4, -0.2) is 67.0 Å². The minimum absolute atomic E-state index is 0.0338. The zero-order chi connectivity index (χ0) is 30.3. The minimum Gasteiger partial charge on any atom is -0.494 e. The highest BCUT2D eigenvalue weighted by Gasteiger charge is 2.32. The Morgan fingerprint density at radius 3 is 2.58 bits per heavy atom. The van der Waals surface area contributed by atoms with Crippen molar-refractivity contribution in [1.29, 1.82) is 0 Å². The summed E-state index contributed by atoms with van der Waals surface area (Å²) in [7, 11) is 3.22. The first-order chi connectivity index (χ1) is 20.9. The fraction of sp³-hybridized carbons (Fsp3) is 0.375. The number of benzene rings is 2. The third-order valence-electron chi connectivity index (χ3n) is 8.26. The van der Waals surface area contributed by atoms with E-state index in [1.807, 2.05) is 23.1 Å². The Hall–Kier alpha value is -4.31. The third kappa shape index (κ3) is 7.02. The maximum Gasteiger partial charge on any atom is 0.253 e. The molecule has 0 bridgehead atoms. The van der Waals surface area contributed by atoms with Crippen molar-refractivity contribution in [2.75, 3.05) is 55.9 Å². The molecule has 2 unspecified atom stereocenters. The van der Waals surface area contributed by atoms with Crippen LogP contribution in [0.5, 0.6) is 5.75 Å². The van der Waals surface area contributed by atoms with Crippen molar-refractivity contribution < 1.29 is 14.3 Å². The Balaban J connectivity index is 1.30. The quantitative estimate of drug-likeness (QED) is 0.270. The van der Waals surface area contributed by atoms with E-state index < -0.39 is 0 Å². The number of hydrogen-bond donors (Lipinski definition) is 3. The van der Waals surface area contributed by atoms with Crippen LogP contribution in [0.1, 0.15) is 36.0 Å². The van der Waals surface area contributed by atoms with Crippen molar-refractivity contribution in [2.24, 2.45) is 11.8 Å². The molecule has 10 nitrogen and oxygen atoms in total. The predicted molar refractivity (Wildman–Crippen MR) is 171 cm³/mol. The number of ether oxygens (including phenoxy) is 1. The lowest BCUT2D eigenvalue weighted by Crippen LogP contribution is -2.46. The zero-order valence-corrected chi connectivity index (χ0v) is 25.4. The first-order valence-electron chi connectivity index (χ1n) is 14.6. The molecule has 2 atom stereocenters. The molecule has 2 amide bonds. The Kier molecular flexibility index (Phi) is 9.66. The molecule has 2 aromatic carbocycles. The van der Waals surface area contributed by atoms with Crippen molar-refractivity contribution in [3.05, 3.63) is 71.9 Å². The Morgan fingerprint density at radius 2 is 1.81 bits per heavy atom. The van der Waals surface area contributed by atoms with Gasteiger partial charge in [0.2, 0.25) is 11.9 Å². The second-order valence-electron chi connectivity index (χ2n) is 10.9. The number of rotatable bonds is 9. The van der Waals surface area contributed by atoms with Crippen molar-refractivity contribution in [3.63, 3.8) is 0 Å². The Labute approximate surface area is 257 Å². The number of halogens is 1. The summed E-state index contributed by atoms with van der Waals surface area (Å²) < 4.78 is 5.76. The summed E-state index contributed by atoms with van der Waals surface area (Å²) in [5.41, 5.74) is 2.85. The van der Waals surface area contributed by atoms with Crippen molar-refractivity contribution in [3.8, 4) is 5.75 Å².